The second-order valence-electron chi connectivity index (χ2n) is 5.91. The van der Waals surface area contributed by atoms with E-state index in [-0.39, 0.29) is 11.5 Å². The van der Waals surface area contributed by atoms with Gasteiger partial charge in [-0.15, -0.1) is 0 Å². The normalized spacial score (nSPS) is 13.6. The van der Waals surface area contributed by atoms with Crippen LogP contribution in [0.3, 0.4) is 0 Å². The summed E-state index contributed by atoms with van der Waals surface area (Å²) in [6.07, 6.45) is 1.53. The molecule has 0 aliphatic carbocycles. The van der Waals surface area contributed by atoms with Gasteiger partial charge in [-0.3, -0.25) is 0 Å². The van der Waals surface area contributed by atoms with Crippen molar-refractivity contribution < 1.29 is 13.2 Å². The monoisotopic (exact) mass is 313 g/mol. The van der Waals surface area contributed by atoms with Crippen LogP contribution < -0.4 is 5.73 Å². The molecule has 0 aromatic heterocycles. The molecule has 2 N–H and O–H groups in total. The van der Waals surface area contributed by atoms with Crippen molar-refractivity contribution in [1.29, 1.82) is 0 Å². The molecule has 1 aromatic carbocycles. The Labute approximate surface area is 128 Å². The number of rotatable bonds is 9. The van der Waals surface area contributed by atoms with Gasteiger partial charge in [-0.25, -0.2) is 8.42 Å². The van der Waals surface area contributed by atoms with Crippen molar-refractivity contribution in [1.82, 2.24) is 0 Å². The lowest BCUT2D eigenvalue weighted by Crippen LogP contribution is -2.24. The van der Waals surface area contributed by atoms with Gasteiger partial charge in [0.05, 0.1) is 11.5 Å². The van der Waals surface area contributed by atoms with Crippen molar-refractivity contribution >= 4 is 9.84 Å². The van der Waals surface area contributed by atoms with Crippen molar-refractivity contribution in [3.8, 4) is 0 Å². The van der Waals surface area contributed by atoms with Crippen LogP contribution in [0.1, 0.15) is 37.4 Å². The molecule has 0 heterocycles. The zero-order chi connectivity index (χ0) is 15.9. The lowest BCUT2D eigenvalue weighted by molar-refractivity contribution is 0.199. The van der Waals surface area contributed by atoms with Crippen molar-refractivity contribution in [3.63, 3.8) is 0 Å². The molecule has 21 heavy (non-hydrogen) atoms. The van der Waals surface area contributed by atoms with Crippen LogP contribution in [-0.4, -0.2) is 33.6 Å². The van der Waals surface area contributed by atoms with E-state index in [1.165, 1.54) is 5.56 Å². The summed E-state index contributed by atoms with van der Waals surface area (Å²) >= 11 is 0. The lowest BCUT2D eigenvalue weighted by atomic mass is 10.0. The quantitative estimate of drug-likeness (QED) is 0.710. The minimum Gasteiger partial charge on any atom is -0.385 e. The highest BCUT2D eigenvalue weighted by Gasteiger charge is 2.17. The number of hydrogen-bond donors (Lipinski definition) is 1. The Hall–Kier alpha value is -0.910. The average Bonchev–Trinajstić information content (AvgIpc) is 2.38. The van der Waals surface area contributed by atoms with Crippen LogP contribution in [0.5, 0.6) is 0 Å². The van der Waals surface area contributed by atoms with Crippen molar-refractivity contribution in [2.45, 2.75) is 32.7 Å². The molecule has 0 spiro atoms. The Bertz CT molecular complexity index is 509. The first kappa shape index (κ1) is 18.1. The number of methoxy groups -OCH3 is 1. The van der Waals surface area contributed by atoms with Gasteiger partial charge in [0.25, 0.3) is 0 Å². The zero-order valence-electron chi connectivity index (χ0n) is 13.2. The summed E-state index contributed by atoms with van der Waals surface area (Å²) in [4.78, 5) is 0. The minimum absolute atomic E-state index is 0.0136. The Balaban J connectivity index is 2.60. The molecule has 0 bridgehead atoms. The van der Waals surface area contributed by atoms with Gasteiger partial charge in [-0.1, -0.05) is 38.1 Å². The Morgan fingerprint density at radius 3 is 2.33 bits per heavy atom. The SMILES string of the molecule is COCCCS(=O)(=O)CC(N)c1ccc(CC(C)C)cc1. The largest absolute Gasteiger partial charge is 0.385 e. The molecule has 120 valence electrons. The third-order valence-electron chi connectivity index (χ3n) is 3.29. The highest BCUT2D eigenvalue weighted by Crippen LogP contribution is 2.16. The molecule has 1 unspecified atom stereocenters. The highest BCUT2D eigenvalue weighted by molar-refractivity contribution is 7.91. The van der Waals surface area contributed by atoms with E-state index in [4.69, 9.17) is 10.5 Å². The maximum absolute atomic E-state index is 12.0. The van der Waals surface area contributed by atoms with Gasteiger partial charge >= 0.3 is 0 Å². The van der Waals surface area contributed by atoms with Gasteiger partial charge in [0, 0.05) is 19.8 Å². The van der Waals surface area contributed by atoms with E-state index in [1.807, 2.05) is 24.3 Å². The molecule has 1 aromatic rings. The molecule has 4 nitrogen and oxygen atoms in total. The first-order valence-electron chi connectivity index (χ1n) is 7.38. The molecular formula is C16H27NO3S. The fourth-order valence-corrected chi connectivity index (χ4v) is 3.71. The fourth-order valence-electron chi connectivity index (χ4n) is 2.25. The first-order valence-corrected chi connectivity index (χ1v) is 9.20. The number of hydrogen-bond acceptors (Lipinski definition) is 4. The summed E-state index contributed by atoms with van der Waals surface area (Å²) < 4.78 is 28.8. The Morgan fingerprint density at radius 1 is 1.19 bits per heavy atom. The minimum atomic E-state index is -3.14. The zero-order valence-corrected chi connectivity index (χ0v) is 14.0. The van der Waals surface area contributed by atoms with E-state index >= 15 is 0 Å². The standard InChI is InChI=1S/C16H27NO3S/c1-13(2)11-14-5-7-15(8-6-14)16(17)12-21(18,19)10-4-9-20-3/h5-8,13,16H,4,9-12,17H2,1-3H3. The molecule has 0 radical (unpaired) electrons. The second kappa shape index (κ2) is 8.51. The van der Waals surface area contributed by atoms with E-state index in [1.54, 1.807) is 7.11 Å². The summed E-state index contributed by atoms with van der Waals surface area (Å²) in [5, 5.41) is 0. The molecule has 0 aliphatic rings. The molecule has 0 fully saturated rings. The molecule has 5 heteroatoms. The van der Waals surface area contributed by atoms with E-state index < -0.39 is 15.9 Å². The van der Waals surface area contributed by atoms with Gasteiger partial charge in [-0.2, -0.15) is 0 Å². The van der Waals surface area contributed by atoms with Gasteiger partial charge in [-0.05, 0) is 29.9 Å². The molecular weight excluding hydrogens is 286 g/mol. The number of benzene rings is 1. The van der Waals surface area contributed by atoms with E-state index in [9.17, 15) is 8.42 Å². The molecule has 0 saturated carbocycles. The molecule has 0 amide bonds. The van der Waals surface area contributed by atoms with Crippen molar-refractivity contribution in [2.24, 2.45) is 11.7 Å². The summed E-state index contributed by atoms with van der Waals surface area (Å²) in [5.74, 6) is 0.714. The van der Waals surface area contributed by atoms with Crippen molar-refractivity contribution in [2.75, 3.05) is 25.2 Å². The predicted octanol–water partition coefficient (Wildman–Crippen LogP) is 2.34. The molecule has 1 atom stereocenters. The van der Waals surface area contributed by atoms with Gasteiger partial charge in [0.15, 0.2) is 9.84 Å². The highest BCUT2D eigenvalue weighted by atomic mass is 32.2. The average molecular weight is 313 g/mol. The summed E-state index contributed by atoms with van der Waals surface area (Å²) in [7, 11) is -1.57. The van der Waals surface area contributed by atoms with Crippen LogP contribution in [0.25, 0.3) is 0 Å². The number of sulfone groups is 1. The third-order valence-corrected chi connectivity index (χ3v) is 5.07. The van der Waals surface area contributed by atoms with E-state index in [2.05, 4.69) is 13.8 Å². The van der Waals surface area contributed by atoms with Crippen LogP contribution in [0.2, 0.25) is 0 Å². The Kier molecular flexibility index (Phi) is 7.35. The van der Waals surface area contributed by atoms with Crippen LogP contribution in [0, 0.1) is 5.92 Å². The maximum atomic E-state index is 12.0. The number of ether oxygens (including phenoxy) is 1. The van der Waals surface area contributed by atoms with E-state index in [0.717, 1.165) is 12.0 Å². The van der Waals surface area contributed by atoms with Gasteiger partial charge in [0.1, 0.15) is 0 Å². The fraction of sp³-hybridized carbons (Fsp3) is 0.625. The second-order valence-corrected chi connectivity index (χ2v) is 8.14. The predicted molar refractivity (Wildman–Crippen MR) is 87.1 cm³/mol. The van der Waals surface area contributed by atoms with Gasteiger partial charge < -0.3 is 10.5 Å². The molecule has 0 aliphatic heterocycles. The van der Waals surface area contributed by atoms with Gasteiger partial charge in [0.2, 0.25) is 0 Å². The summed E-state index contributed by atoms with van der Waals surface area (Å²) in [6.45, 7) is 4.80. The lowest BCUT2D eigenvalue weighted by Gasteiger charge is -2.13. The topological polar surface area (TPSA) is 69.4 Å². The maximum Gasteiger partial charge on any atom is 0.152 e. The number of nitrogens with two attached hydrogens (primary N) is 1. The summed E-state index contributed by atoms with van der Waals surface area (Å²) in [6, 6.07) is 7.48. The van der Waals surface area contributed by atoms with Crippen LogP contribution >= 0.6 is 0 Å². The van der Waals surface area contributed by atoms with Crippen LogP contribution in [-0.2, 0) is 21.0 Å². The summed E-state index contributed by atoms with van der Waals surface area (Å²) in [5.41, 5.74) is 8.15. The Morgan fingerprint density at radius 2 is 1.81 bits per heavy atom. The van der Waals surface area contributed by atoms with Crippen LogP contribution in [0.4, 0.5) is 0 Å². The first-order chi connectivity index (χ1) is 9.84. The van der Waals surface area contributed by atoms with Crippen LogP contribution in [0.15, 0.2) is 24.3 Å². The third kappa shape index (κ3) is 7.07. The van der Waals surface area contributed by atoms with Crippen molar-refractivity contribution in [3.05, 3.63) is 35.4 Å². The molecule has 1 rings (SSSR count). The van der Waals surface area contributed by atoms with E-state index in [0.29, 0.717) is 18.9 Å². The smallest absolute Gasteiger partial charge is 0.152 e. The molecule has 0 saturated heterocycles.